The molecule has 3 aromatic rings. The molecule has 30 heavy (non-hydrogen) atoms. The maximum absolute atomic E-state index is 13.0. The highest BCUT2D eigenvalue weighted by Crippen LogP contribution is 2.19. The molecule has 0 spiro atoms. The molecule has 1 unspecified atom stereocenters. The van der Waals surface area contributed by atoms with Gasteiger partial charge in [-0.25, -0.2) is 4.79 Å². The maximum atomic E-state index is 13.0. The van der Waals surface area contributed by atoms with Gasteiger partial charge in [-0.15, -0.1) is 0 Å². The number of rotatable bonds is 6. The van der Waals surface area contributed by atoms with Gasteiger partial charge in [-0.2, -0.15) is 0 Å². The Kier molecular flexibility index (Phi) is 6.26. The highest BCUT2D eigenvalue weighted by molar-refractivity contribution is 6.12. The van der Waals surface area contributed by atoms with Gasteiger partial charge < -0.3 is 19.5 Å². The SMILES string of the molecule is Cc1cc(NC(=O)C(C)OC(=O)c2ccccc2C(=O)N(C)c2ccccc2)no1. The van der Waals surface area contributed by atoms with Gasteiger partial charge in [0.2, 0.25) is 0 Å². The van der Waals surface area contributed by atoms with Gasteiger partial charge in [-0.1, -0.05) is 35.5 Å². The summed E-state index contributed by atoms with van der Waals surface area (Å²) < 4.78 is 10.2. The Morgan fingerprint density at radius 3 is 2.30 bits per heavy atom. The molecule has 0 fully saturated rings. The van der Waals surface area contributed by atoms with Crippen molar-refractivity contribution in [2.45, 2.75) is 20.0 Å². The van der Waals surface area contributed by atoms with Crippen LogP contribution in [0, 0.1) is 6.92 Å². The molecular formula is C22H21N3O5. The molecule has 2 amide bonds. The summed E-state index contributed by atoms with van der Waals surface area (Å²) in [5, 5.41) is 6.16. The van der Waals surface area contributed by atoms with Gasteiger partial charge in [0, 0.05) is 18.8 Å². The summed E-state index contributed by atoms with van der Waals surface area (Å²) in [6.07, 6.45) is -1.11. The summed E-state index contributed by atoms with van der Waals surface area (Å²) in [5.41, 5.74) is 0.928. The molecule has 0 saturated heterocycles. The first-order chi connectivity index (χ1) is 14.4. The number of anilines is 2. The summed E-state index contributed by atoms with van der Waals surface area (Å²) in [6.45, 7) is 3.12. The minimum absolute atomic E-state index is 0.0715. The number of amides is 2. The molecule has 1 heterocycles. The molecule has 1 atom stereocenters. The molecule has 0 aliphatic heterocycles. The van der Waals surface area contributed by atoms with Crippen LogP contribution >= 0.6 is 0 Å². The Labute approximate surface area is 173 Å². The largest absolute Gasteiger partial charge is 0.449 e. The summed E-state index contributed by atoms with van der Waals surface area (Å²) in [5.74, 6) is -0.962. The molecule has 3 rings (SSSR count). The molecule has 0 aliphatic rings. The van der Waals surface area contributed by atoms with E-state index in [9.17, 15) is 14.4 Å². The number of benzene rings is 2. The van der Waals surface area contributed by atoms with Crippen LogP contribution < -0.4 is 10.2 Å². The van der Waals surface area contributed by atoms with Crippen molar-refractivity contribution in [1.29, 1.82) is 0 Å². The predicted octanol–water partition coefficient (Wildman–Crippen LogP) is 3.44. The molecule has 8 nitrogen and oxygen atoms in total. The molecule has 0 radical (unpaired) electrons. The average molecular weight is 407 g/mol. The number of nitrogens with zero attached hydrogens (tertiary/aromatic N) is 2. The number of carbonyl (C=O) groups excluding carboxylic acids is 3. The number of nitrogens with one attached hydrogen (secondary N) is 1. The topological polar surface area (TPSA) is 102 Å². The van der Waals surface area contributed by atoms with Crippen LogP contribution in [0.3, 0.4) is 0 Å². The van der Waals surface area contributed by atoms with Crippen molar-refractivity contribution in [2.75, 3.05) is 17.3 Å². The van der Waals surface area contributed by atoms with E-state index in [0.29, 0.717) is 11.4 Å². The molecule has 1 aromatic heterocycles. The standard InChI is InChI=1S/C22H21N3O5/c1-14-13-19(24-30-14)23-20(26)15(2)29-22(28)18-12-8-7-11-17(18)21(27)25(3)16-9-5-4-6-10-16/h4-13,15H,1-3H3,(H,23,24,26). The van der Waals surface area contributed by atoms with Gasteiger partial charge in [-0.05, 0) is 38.1 Å². The van der Waals surface area contributed by atoms with Crippen LogP contribution in [0.15, 0.2) is 65.2 Å². The number of hydrogen-bond acceptors (Lipinski definition) is 6. The number of carbonyl (C=O) groups is 3. The highest BCUT2D eigenvalue weighted by atomic mass is 16.5. The lowest BCUT2D eigenvalue weighted by atomic mass is 10.1. The number of para-hydroxylation sites is 1. The van der Waals surface area contributed by atoms with Crippen molar-refractivity contribution >= 4 is 29.3 Å². The predicted molar refractivity (Wildman–Crippen MR) is 110 cm³/mol. The summed E-state index contributed by atoms with van der Waals surface area (Å²) in [4.78, 5) is 39.3. The zero-order valence-corrected chi connectivity index (χ0v) is 16.8. The molecule has 154 valence electrons. The van der Waals surface area contributed by atoms with E-state index in [1.165, 1.54) is 17.9 Å². The lowest BCUT2D eigenvalue weighted by Gasteiger charge is -2.19. The monoisotopic (exact) mass is 407 g/mol. The third kappa shape index (κ3) is 4.72. The van der Waals surface area contributed by atoms with Gasteiger partial charge in [0.05, 0.1) is 11.1 Å². The van der Waals surface area contributed by atoms with Crippen LogP contribution in [0.25, 0.3) is 0 Å². The van der Waals surface area contributed by atoms with Crippen molar-refractivity contribution in [3.8, 4) is 0 Å². The molecule has 8 heteroatoms. The number of aromatic nitrogens is 1. The second-order valence-corrected chi connectivity index (χ2v) is 6.60. The Hall–Kier alpha value is -3.94. The number of esters is 1. The Morgan fingerprint density at radius 1 is 1.03 bits per heavy atom. The Morgan fingerprint density at radius 2 is 1.67 bits per heavy atom. The number of hydrogen-bond donors (Lipinski definition) is 1. The maximum Gasteiger partial charge on any atom is 0.339 e. The minimum atomic E-state index is -1.11. The first-order valence-electron chi connectivity index (χ1n) is 9.24. The van der Waals surface area contributed by atoms with Crippen LogP contribution in [-0.2, 0) is 9.53 Å². The van der Waals surface area contributed by atoms with Gasteiger partial charge in [0.25, 0.3) is 11.8 Å². The van der Waals surface area contributed by atoms with Crippen LogP contribution in [-0.4, -0.2) is 36.1 Å². The van der Waals surface area contributed by atoms with Crippen molar-refractivity contribution < 1.29 is 23.6 Å². The first kappa shape index (κ1) is 20.8. The lowest BCUT2D eigenvalue weighted by Crippen LogP contribution is -2.32. The van der Waals surface area contributed by atoms with Crippen molar-refractivity contribution in [1.82, 2.24) is 5.16 Å². The van der Waals surface area contributed by atoms with Crippen LogP contribution in [0.2, 0.25) is 0 Å². The van der Waals surface area contributed by atoms with Crippen LogP contribution in [0.4, 0.5) is 11.5 Å². The first-order valence-corrected chi connectivity index (χ1v) is 9.24. The van der Waals surface area contributed by atoms with Crippen molar-refractivity contribution in [3.63, 3.8) is 0 Å². The summed E-state index contributed by atoms with van der Waals surface area (Å²) in [7, 11) is 1.62. The van der Waals surface area contributed by atoms with Crippen molar-refractivity contribution in [3.05, 3.63) is 77.6 Å². The number of ether oxygens (including phenoxy) is 1. The fourth-order valence-electron chi connectivity index (χ4n) is 2.73. The van der Waals surface area contributed by atoms with Gasteiger partial charge in [0.1, 0.15) is 5.76 Å². The second kappa shape index (κ2) is 9.04. The smallest absolute Gasteiger partial charge is 0.339 e. The van der Waals surface area contributed by atoms with Gasteiger partial charge in [0.15, 0.2) is 11.9 Å². The van der Waals surface area contributed by atoms with E-state index in [-0.39, 0.29) is 22.9 Å². The van der Waals surface area contributed by atoms with E-state index >= 15 is 0 Å². The Balaban J connectivity index is 1.73. The molecule has 0 bridgehead atoms. The van der Waals surface area contributed by atoms with E-state index < -0.39 is 18.0 Å². The van der Waals surface area contributed by atoms with E-state index in [2.05, 4.69) is 10.5 Å². The Bertz CT molecular complexity index is 1060. The van der Waals surface area contributed by atoms with Crippen LogP contribution in [0.5, 0.6) is 0 Å². The molecule has 0 saturated carbocycles. The second-order valence-electron chi connectivity index (χ2n) is 6.60. The van der Waals surface area contributed by atoms with Crippen LogP contribution in [0.1, 0.15) is 33.4 Å². The number of aryl methyl sites for hydroxylation is 1. The lowest BCUT2D eigenvalue weighted by molar-refractivity contribution is -0.123. The van der Waals surface area contributed by atoms with Crippen molar-refractivity contribution in [2.24, 2.45) is 0 Å². The minimum Gasteiger partial charge on any atom is -0.449 e. The molecular weight excluding hydrogens is 386 g/mol. The zero-order chi connectivity index (χ0) is 21.7. The normalized spacial score (nSPS) is 11.4. The van der Waals surface area contributed by atoms with Gasteiger partial charge in [-0.3, -0.25) is 9.59 Å². The van der Waals surface area contributed by atoms with E-state index in [1.807, 2.05) is 18.2 Å². The van der Waals surface area contributed by atoms with E-state index in [0.717, 1.165) is 0 Å². The van der Waals surface area contributed by atoms with E-state index in [1.54, 1.807) is 50.4 Å². The third-order valence-corrected chi connectivity index (χ3v) is 4.36. The zero-order valence-electron chi connectivity index (χ0n) is 16.8. The molecule has 2 aromatic carbocycles. The molecule has 1 N–H and O–H groups in total. The summed E-state index contributed by atoms with van der Waals surface area (Å²) in [6, 6.07) is 16.9. The fraction of sp³-hybridized carbons (Fsp3) is 0.182. The molecule has 0 aliphatic carbocycles. The fourth-order valence-corrected chi connectivity index (χ4v) is 2.73. The highest BCUT2D eigenvalue weighted by Gasteiger charge is 2.25. The third-order valence-electron chi connectivity index (χ3n) is 4.36. The van der Waals surface area contributed by atoms with Gasteiger partial charge >= 0.3 is 5.97 Å². The average Bonchev–Trinajstić information content (AvgIpc) is 3.17. The summed E-state index contributed by atoms with van der Waals surface area (Å²) >= 11 is 0. The van der Waals surface area contributed by atoms with E-state index in [4.69, 9.17) is 9.26 Å². The quantitative estimate of drug-likeness (QED) is 0.628.